The Kier molecular flexibility index (Phi) is 36.3. The van der Waals surface area contributed by atoms with Crippen LogP contribution in [0.5, 0.6) is 0 Å². The molecule has 2 unspecified atom stereocenters. The summed E-state index contributed by atoms with van der Waals surface area (Å²) < 4.78 is 34.2. The third kappa shape index (κ3) is 41.1. The summed E-state index contributed by atoms with van der Waals surface area (Å²) in [5, 5.41) is 0. The highest BCUT2D eigenvalue weighted by atomic mass is 31.2. The van der Waals surface area contributed by atoms with E-state index in [4.69, 9.17) is 18.5 Å². The summed E-state index contributed by atoms with van der Waals surface area (Å²) in [6.45, 7) is 4.23. The number of phosphoric ester groups is 1. The van der Waals surface area contributed by atoms with Crippen molar-refractivity contribution in [2.45, 2.75) is 161 Å². The highest BCUT2D eigenvalue weighted by Gasteiger charge is 2.27. The smallest absolute Gasteiger partial charge is 0.462 e. The standard InChI is InChI=1S/C46H80NO8P/c1-6-8-10-12-14-16-18-19-20-21-22-23-24-25-26-27-29-31-33-35-37-39-46(49)55-44(43-54-56(50,51)53-41-40-47(3,4)5)42-52-45(48)38-36-34-32-30-28-17-15-13-11-9-7-2/h8,10,14,16,19-20,22-23,25-26,29,31,44H,6-7,9,11-13,15,17-18,21,24,27-28,30,32-43H2,1-5H3/p+1/b10-8-,16-14-,20-19-,23-22-,26-25-,31-29-. The number of nitrogens with zero attached hydrogens (tertiary/aromatic N) is 1. The number of carbonyl (C=O) groups excluding carboxylic acids is 2. The molecule has 0 aromatic rings. The van der Waals surface area contributed by atoms with Crippen molar-refractivity contribution in [2.75, 3.05) is 47.5 Å². The van der Waals surface area contributed by atoms with Crippen molar-refractivity contribution in [1.82, 2.24) is 0 Å². The number of carbonyl (C=O) groups is 2. The van der Waals surface area contributed by atoms with E-state index in [0.717, 1.165) is 70.6 Å². The molecule has 0 rings (SSSR count). The van der Waals surface area contributed by atoms with Gasteiger partial charge in [-0.3, -0.25) is 18.6 Å². The van der Waals surface area contributed by atoms with Crippen molar-refractivity contribution in [1.29, 1.82) is 0 Å². The number of ether oxygens (including phenoxy) is 2. The molecule has 0 fully saturated rings. The van der Waals surface area contributed by atoms with E-state index in [1.165, 1.54) is 51.4 Å². The van der Waals surface area contributed by atoms with E-state index in [1.807, 2.05) is 21.1 Å². The van der Waals surface area contributed by atoms with Crippen LogP contribution in [0.4, 0.5) is 0 Å². The number of quaternary nitrogens is 1. The number of hydrogen-bond donors (Lipinski definition) is 1. The number of rotatable bonds is 38. The lowest BCUT2D eigenvalue weighted by Crippen LogP contribution is -2.37. The van der Waals surface area contributed by atoms with Crippen LogP contribution in [-0.4, -0.2) is 74.9 Å². The summed E-state index contributed by atoms with van der Waals surface area (Å²) in [6, 6.07) is 0. The summed E-state index contributed by atoms with van der Waals surface area (Å²) in [5.74, 6) is -0.855. The molecular formula is C46H81NO8P+. The molecule has 0 bridgehead atoms. The quantitative estimate of drug-likeness (QED) is 0.0216. The van der Waals surface area contributed by atoms with Crippen molar-refractivity contribution in [3.05, 3.63) is 72.9 Å². The van der Waals surface area contributed by atoms with Crippen LogP contribution in [0.3, 0.4) is 0 Å². The van der Waals surface area contributed by atoms with Crippen LogP contribution in [0.1, 0.15) is 155 Å². The molecule has 10 heteroatoms. The SMILES string of the molecule is CC/C=C\C/C=C\C/C=C\C/C=C\C/C=C\C/C=C\CCCCC(=O)OC(COC(=O)CCCCCCCCCCCCC)COP(=O)(O)OCC[N+](C)(C)C. The molecule has 0 spiro atoms. The molecule has 2 atom stereocenters. The average Bonchev–Trinajstić information content (AvgIpc) is 3.15. The van der Waals surface area contributed by atoms with E-state index in [9.17, 15) is 19.0 Å². The van der Waals surface area contributed by atoms with Gasteiger partial charge in [-0.05, 0) is 64.2 Å². The summed E-state index contributed by atoms with van der Waals surface area (Å²) in [6.07, 6.45) is 46.7. The molecule has 0 aromatic carbocycles. The van der Waals surface area contributed by atoms with Gasteiger partial charge in [-0.15, -0.1) is 0 Å². The number of allylic oxidation sites excluding steroid dienone is 12. The first-order valence-corrected chi connectivity index (χ1v) is 23.2. The van der Waals surface area contributed by atoms with Gasteiger partial charge >= 0.3 is 19.8 Å². The molecule has 1 N–H and O–H groups in total. The molecule has 0 aliphatic heterocycles. The number of unbranched alkanes of at least 4 members (excludes halogenated alkanes) is 12. The Morgan fingerprint density at radius 2 is 1.02 bits per heavy atom. The van der Waals surface area contributed by atoms with Gasteiger partial charge in [0.05, 0.1) is 27.7 Å². The van der Waals surface area contributed by atoms with Gasteiger partial charge in [-0.2, -0.15) is 0 Å². The zero-order valence-corrected chi connectivity index (χ0v) is 37.0. The number of likely N-dealkylation sites (N-methyl/N-ethyl adjacent to an activating group) is 1. The summed E-state index contributed by atoms with van der Waals surface area (Å²) >= 11 is 0. The molecule has 0 saturated heterocycles. The molecular weight excluding hydrogens is 725 g/mol. The van der Waals surface area contributed by atoms with Crippen LogP contribution >= 0.6 is 7.82 Å². The van der Waals surface area contributed by atoms with E-state index >= 15 is 0 Å². The second-order valence-corrected chi connectivity index (χ2v) is 16.8. The van der Waals surface area contributed by atoms with Crippen LogP contribution < -0.4 is 0 Å². The number of esters is 2. The lowest BCUT2D eigenvalue weighted by Gasteiger charge is -2.24. The Bertz CT molecular complexity index is 1180. The highest BCUT2D eigenvalue weighted by Crippen LogP contribution is 2.43. The van der Waals surface area contributed by atoms with Crippen LogP contribution in [0.15, 0.2) is 72.9 Å². The minimum absolute atomic E-state index is 0.0203. The number of hydrogen-bond acceptors (Lipinski definition) is 7. The molecule has 0 heterocycles. The molecule has 0 radical (unpaired) electrons. The van der Waals surface area contributed by atoms with Crippen LogP contribution in [-0.2, 0) is 32.7 Å². The first-order valence-electron chi connectivity index (χ1n) is 21.7. The molecule has 0 amide bonds. The molecule has 56 heavy (non-hydrogen) atoms. The molecule has 0 aliphatic carbocycles. The van der Waals surface area contributed by atoms with Gasteiger partial charge in [0, 0.05) is 12.8 Å². The topological polar surface area (TPSA) is 108 Å². The average molecular weight is 807 g/mol. The van der Waals surface area contributed by atoms with Gasteiger partial charge < -0.3 is 18.9 Å². The third-order valence-corrected chi connectivity index (χ3v) is 9.74. The summed E-state index contributed by atoms with van der Waals surface area (Å²) in [7, 11) is 1.44. The van der Waals surface area contributed by atoms with E-state index < -0.39 is 26.5 Å². The fraction of sp³-hybridized carbons (Fsp3) is 0.696. The Labute approximate surface area is 342 Å². The van der Waals surface area contributed by atoms with Crippen molar-refractivity contribution in [2.24, 2.45) is 0 Å². The minimum Gasteiger partial charge on any atom is -0.462 e. The Balaban J connectivity index is 4.45. The largest absolute Gasteiger partial charge is 0.472 e. The maximum absolute atomic E-state index is 12.7. The summed E-state index contributed by atoms with van der Waals surface area (Å²) in [4.78, 5) is 35.3. The normalized spacial score (nSPS) is 14.3. The van der Waals surface area contributed by atoms with Crippen molar-refractivity contribution < 1.29 is 42.1 Å². The van der Waals surface area contributed by atoms with E-state index in [-0.39, 0.29) is 32.0 Å². The maximum atomic E-state index is 12.7. The highest BCUT2D eigenvalue weighted by molar-refractivity contribution is 7.47. The first-order chi connectivity index (χ1) is 27.0. The molecule has 9 nitrogen and oxygen atoms in total. The summed E-state index contributed by atoms with van der Waals surface area (Å²) in [5.41, 5.74) is 0. The van der Waals surface area contributed by atoms with Crippen LogP contribution in [0.2, 0.25) is 0 Å². The van der Waals surface area contributed by atoms with Crippen LogP contribution in [0, 0.1) is 0 Å². The predicted molar refractivity (Wildman–Crippen MR) is 233 cm³/mol. The lowest BCUT2D eigenvalue weighted by molar-refractivity contribution is -0.870. The van der Waals surface area contributed by atoms with Gasteiger partial charge in [0.25, 0.3) is 0 Å². The van der Waals surface area contributed by atoms with Crippen LogP contribution in [0.25, 0.3) is 0 Å². The maximum Gasteiger partial charge on any atom is 0.472 e. The second-order valence-electron chi connectivity index (χ2n) is 15.4. The van der Waals surface area contributed by atoms with Crippen molar-refractivity contribution in [3.8, 4) is 0 Å². The van der Waals surface area contributed by atoms with Gasteiger partial charge in [0.1, 0.15) is 19.8 Å². The zero-order valence-electron chi connectivity index (χ0n) is 36.1. The minimum atomic E-state index is -4.39. The van der Waals surface area contributed by atoms with Crippen molar-refractivity contribution >= 4 is 19.8 Å². The molecule has 0 aromatic heterocycles. The lowest BCUT2D eigenvalue weighted by atomic mass is 10.1. The van der Waals surface area contributed by atoms with Gasteiger partial charge in [0.15, 0.2) is 6.10 Å². The van der Waals surface area contributed by atoms with E-state index in [0.29, 0.717) is 17.4 Å². The first kappa shape index (κ1) is 53.5. The number of phosphoric acid groups is 1. The second kappa shape index (κ2) is 38.0. The molecule has 0 saturated carbocycles. The monoisotopic (exact) mass is 807 g/mol. The van der Waals surface area contributed by atoms with Gasteiger partial charge in [0.2, 0.25) is 0 Å². The Morgan fingerprint density at radius 1 is 0.571 bits per heavy atom. The fourth-order valence-electron chi connectivity index (χ4n) is 5.37. The fourth-order valence-corrected chi connectivity index (χ4v) is 6.11. The van der Waals surface area contributed by atoms with Gasteiger partial charge in [-0.1, -0.05) is 151 Å². The Morgan fingerprint density at radius 3 is 1.52 bits per heavy atom. The van der Waals surface area contributed by atoms with Gasteiger partial charge in [-0.25, -0.2) is 4.57 Å². The Hall–Kier alpha value is -2.55. The van der Waals surface area contributed by atoms with E-state index in [1.54, 1.807) is 0 Å². The van der Waals surface area contributed by atoms with E-state index in [2.05, 4.69) is 86.8 Å². The van der Waals surface area contributed by atoms with Crippen molar-refractivity contribution in [3.63, 3.8) is 0 Å². The zero-order chi connectivity index (χ0) is 41.4. The predicted octanol–water partition coefficient (Wildman–Crippen LogP) is 12.2. The third-order valence-electron chi connectivity index (χ3n) is 8.75. The molecule has 0 aliphatic rings. The molecule has 322 valence electrons.